The van der Waals surface area contributed by atoms with E-state index in [0.29, 0.717) is 17.9 Å². The molecule has 3 aromatic rings. The van der Waals surface area contributed by atoms with Crippen LogP contribution in [0.25, 0.3) is 11.3 Å². The minimum atomic E-state index is -0.979. The first-order valence-corrected chi connectivity index (χ1v) is 11.5. The Labute approximate surface area is 196 Å². The number of hydrogen-bond donors (Lipinski definition) is 0. The van der Waals surface area contributed by atoms with Crippen molar-refractivity contribution in [3.63, 3.8) is 0 Å². The van der Waals surface area contributed by atoms with E-state index in [9.17, 15) is 18.4 Å². The van der Waals surface area contributed by atoms with Gasteiger partial charge in [0.05, 0.1) is 25.3 Å². The molecule has 0 atom stereocenters. The Morgan fingerprint density at radius 1 is 0.971 bits per heavy atom. The van der Waals surface area contributed by atoms with Crippen LogP contribution in [-0.2, 0) is 22.5 Å². The lowest BCUT2D eigenvalue weighted by Crippen LogP contribution is -2.23. The Balaban J connectivity index is 1.36. The van der Waals surface area contributed by atoms with E-state index in [1.54, 1.807) is 0 Å². The molecule has 178 valence electrons. The third kappa shape index (κ3) is 6.35. The maximum absolute atomic E-state index is 13.6. The van der Waals surface area contributed by atoms with Gasteiger partial charge in [0.25, 0.3) is 5.56 Å². The fraction of sp³-hybridized carbons (Fsp3) is 0.346. The number of halogens is 2. The van der Waals surface area contributed by atoms with Crippen molar-refractivity contribution in [2.75, 3.05) is 26.2 Å². The monoisotopic (exact) mass is 467 g/mol. The largest absolute Gasteiger partial charge is 0.465 e. The third-order valence-electron chi connectivity index (χ3n) is 5.83. The summed E-state index contributed by atoms with van der Waals surface area (Å²) in [5, 5.41) is 4.30. The quantitative estimate of drug-likeness (QED) is 0.354. The van der Waals surface area contributed by atoms with E-state index in [4.69, 9.17) is 4.74 Å². The van der Waals surface area contributed by atoms with Crippen LogP contribution in [-0.4, -0.2) is 46.9 Å². The molecule has 1 aromatic heterocycles. The zero-order valence-corrected chi connectivity index (χ0v) is 18.9. The molecule has 1 aliphatic heterocycles. The lowest BCUT2D eigenvalue weighted by atomic mass is 10.1. The average molecular weight is 468 g/mol. The maximum atomic E-state index is 13.6. The third-order valence-corrected chi connectivity index (χ3v) is 5.83. The van der Waals surface area contributed by atoms with Gasteiger partial charge >= 0.3 is 5.97 Å². The summed E-state index contributed by atoms with van der Waals surface area (Å²) in [6.07, 6.45) is 3.46. The lowest BCUT2D eigenvalue weighted by Gasteiger charge is -2.14. The fourth-order valence-corrected chi connectivity index (χ4v) is 4.08. The Hall–Kier alpha value is -3.39. The van der Waals surface area contributed by atoms with Gasteiger partial charge in [0, 0.05) is 18.2 Å². The number of nitrogens with zero attached hydrogens (tertiary/aromatic N) is 3. The molecule has 34 heavy (non-hydrogen) atoms. The molecule has 4 rings (SSSR count). The van der Waals surface area contributed by atoms with Crippen LogP contribution in [0.5, 0.6) is 0 Å². The number of carbonyl (C=O) groups excluding carboxylic acids is 1. The van der Waals surface area contributed by atoms with Gasteiger partial charge in [-0.05, 0) is 67.7 Å². The van der Waals surface area contributed by atoms with E-state index in [-0.39, 0.29) is 24.5 Å². The van der Waals surface area contributed by atoms with Gasteiger partial charge in [-0.15, -0.1) is 0 Å². The summed E-state index contributed by atoms with van der Waals surface area (Å²) in [5.74, 6) is -2.21. The van der Waals surface area contributed by atoms with Crippen LogP contribution < -0.4 is 5.56 Å². The highest BCUT2D eigenvalue weighted by Gasteiger charge is 2.12. The summed E-state index contributed by atoms with van der Waals surface area (Å²) in [7, 11) is 0. The summed E-state index contributed by atoms with van der Waals surface area (Å²) < 4.78 is 33.5. The van der Waals surface area contributed by atoms with Crippen molar-refractivity contribution >= 4 is 5.97 Å². The summed E-state index contributed by atoms with van der Waals surface area (Å²) in [6.45, 7) is 3.79. The van der Waals surface area contributed by atoms with Gasteiger partial charge in [-0.1, -0.05) is 24.3 Å². The minimum absolute atomic E-state index is 0.148. The van der Waals surface area contributed by atoms with Gasteiger partial charge in [0.2, 0.25) is 0 Å². The van der Waals surface area contributed by atoms with Gasteiger partial charge in [-0.25, -0.2) is 13.5 Å². The molecule has 2 heterocycles. The van der Waals surface area contributed by atoms with Gasteiger partial charge in [0.15, 0.2) is 11.6 Å². The van der Waals surface area contributed by atoms with Crippen LogP contribution in [0.2, 0.25) is 0 Å². The standard InChI is InChI=1S/C26H27F2N3O3/c27-22-8-7-21(17-23(22)28)24-9-10-25(32)31(29-24)18-20-6-3-5-19(15-20)16-26(33)34-14-4-13-30-11-1-2-12-30/h3,5-10,15,17H,1-2,4,11-14,16,18H2. The summed E-state index contributed by atoms with van der Waals surface area (Å²) in [4.78, 5) is 26.9. The highest BCUT2D eigenvalue weighted by molar-refractivity contribution is 5.72. The number of carbonyl (C=O) groups is 1. The molecule has 0 aliphatic carbocycles. The minimum Gasteiger partial charge on any atom is -0.465 e. The number of esters is 1. The second-order valence-corrected chi connectivity index (χ2v) is 8.46. The smallest absolute Gasteiger partial charge is 0.310 e. The number of benzene rings is 2. The molecule has 0 unspecified atom stereocenters. The summed E-state index contributed by atoms with van der Waals surface area (Å²) >= 11 is 0. The molecule has 0 N–H and O–H groups in total. The van der Waals surface area contributed by atoms with E-state index in [2.05, 4.69) is 10.00 Å². The second-order valence-electron chi connectivity index (χ2n) is 8.46. The Morgan fingerprint density at radius 3 is 2.56 bits per heavy atom. The first-order chi connectivity index (χ1) is 16.5. The van der Waals surface area contributed by atoms with Crippen LogP contribution in [0.4, 0.5) is 8.78 Å². The number of aromatic nitrogens is 2. The van der Waals surface area contributed by atoms with Gasteiger partial charge in [-0.2, -0.15) is 5.10 Å². The molecule has 0 amide bonds. The van der Waals surface area contributed by atoms with Crippen LogP contribution in [0, 0.1) is 11.6 Å². The molecule has 0 saturated carbocycles. The van der Waals surface area contributed by atoms with Crippen molar-refractivity contribution in [1.82, 2.24) is 14.7 Å². The highest BCUT2D eigenvalue weighted by Crippen LogP contribution is 2.19. The molecule has 1 aliphatic rings. The predicted molar refractivity (Wildman–Crippen MR) is 124 cm³/mol. The number of rotatable bonds is 9. The first kappa shape index (κ1) is 23.8. The van der Waals surface area contributed by atoms with E-state index in [1.807, 2.05) is 24.3 Å². The lowest BCUT2D eigenvalue weighted by molar-refractivity contribution is -0.143. The summed E-state index contributed by atoms with van der Waals surface area (Å²) in [6, 6.07) is 13.6. The Morgan fingerprint density at radius 2 is 1.76 bits per heavy atom. The second kappa shape index (κ2) is 11.2. The van der Waals surface area contributed by atoms with Crippen LogP contribution in [0.15, 0.2) is 59.4 Å². The summed E-state index contributed by atoms with van der Waals surface area (Å²) in [5.41, 5.74) is 1.97. The van der Waals surface area contributed by atoms with Crippen LogP contribution in [0.1, 0.15) is 30.4 Å². The number of ether oxygens (including phenoxy) is 1. The fourth-order valence-electron chi connectivity index (χ4n) is 4.08. The molecule has 2 aromatic carbocycles. The zero-order chi connectivity index (χ0) is 23.9. The molecule has 8 heteroatoms. The molecule has 0 bridgehead atoms. The van der Waals surface area contributed by atoms with E-state index < -0.39 is 11.6 Å². The van der Waals surface area contributed by atoms with Crippen molar-refractivity contribution in [1.29, 1.82) is 0 Å². The van der Waals surface area contributed by atoms with Gasteiger partial charge in [-0.3, -0.25) is 9.59 Å². The highest BCUT2D eigenvalue weighted by atomic mass is 19.2. The molecule has 1 saturated heterocycles. The SMILES string of the molecule is O=C(Cc1cccc(Cn2nc(-c3ccc(F)c(F)c3)ccc2=O)c1)OCCCN1CCCC1. The van der Waals surface area contributed by atoms with E-state index in [1.165, 1.54) is 35.7 Å². The van der Waals surface area contributed by atoms with Gasteiger partial charge in [0.1, 0.15) is 0 Å². The van der Waals surface area contributed by atoms with Crippen molar-refractivity contribution < 1.29 is 18.3 Å². The van der Waals surface area contributed by atoms with Crippen molar-refractivity contribution in [2.24, 2.45) is 0 Å². The zero-order valence-electron chi connectivity index (χ0n) is 18.9. The van der Waals surface area contributed by atoms with Crippen LogP contribution >= 0.6 is 0 Å². The van der Waals surface area contributed by atoms with E-state index >= 15 is 0 Å². The molecular weight excluding hydrogens is 440 g/mol. The average Bonchev–Trinajstić information content (AvgIpc) is 3.34. The molecule has 0 radical (unpaired) electrons. The first-order valence-electron chi connectivity index (χ1n) is 11.5. The number of likely N-dealkylation sites (tertiary alicyclic amines) is 1. The normalized spacial score (nSPS) is 13.8. The van der Waals surface area contributed by atoms with Crippen molar-refractivity contribution in [3.8, 4) is 11.3 Å². The Kier molecular flexibility index (Phi) is 7.80. The molecule has 1 fully saturated rings. The van der Waals surface area contributed by atoms with Gasteiger partial charge < -0.3 is 9.64 Å². The Bertz CT molecular complexity index is 1210. The van der Waals surface area contributed by atoms with Crippen molar-refractivity contribution in [3.05, 3.63) is 87.7 Å². The molecule has 6 nitrogen and oxygen atoms in total. The van der Waals surface area contributed by atoms with Crippen LogP contribution in [0.3, 0.4) is 0 Å². The topological polar surface area (TPSA) is 64.4 Å². The predicted octanol–water partition coefficient (Wildman–Crippen LogP) is 3.81. The molecular formula is C26H27F2N3O3. The molecule has 0 spiro atoms. The van der Waals surface area contributed by atoms with Crippen molar-refractivity contribution in [2.45, 2.75) is 32.2 Å². The number of hydrogen-bond acceptors (Lipinski definition) is 5. The maximum Gasteiger partial charge on any atom is 0.310 e. The van der Waals surface area contributed by atoms with E-state index in [0.717, 1.165) is 49.3 Å².